The van der Waals surface area contributed by atoms with Crippen molar-refractivity contribution >= 4 is 65.6 Å². The van der Waals surface area contributed by atoms with Crippen LogP contribution in [-0.4, -0.2) is 9.13 Å². The molecule has 10 rings (SSSR count). The summed E-state index contributed by atoms with van der Waals surface area (Å²) in [6.45, 7) is 2.15. The van der Waals surface area contributed by atoms with E-state index in [4.69, 9.17) is 4.42 Å². The molecule has 0 unspecified atom stereocenters. The minimum atomic E-state index is 0.649. The smallest absolute Gasteiger partial charge is 0.135 e. The van der Waals surface area contributed by atoms with E-state index in [1.165, 1.54) is 32.8 Å². The van der Waals surface area contributed by atoms with Crippen LogP contribution in [0.3, 0.4) is 0 Å². The van der Waals surface area contributed by atoms with Crippen LogP contribution < -0.4 is 0 Å². The van der Waals surface area contributed by atoms with Gasteiger partial charge in [0.2, 0.25) is 0 Å². The average molecular weight is 614 g/mol. The van der Waals surface area contributed by atoms with Crippen LogP contribution in [0.2, 0.25) is 0 Å². The molecule has 0 bridgehead atoms. The minimum absolute atomic E-state index is 0.649. The Hall–Kier alpha value is -6.57. The zero-order chi connectivity index (χ0) is 31.9. The van der Waals surface area contributed by atoms with Crippen molar-refractivity contribution in [3.8, 4) is 28.6 Å². The van der Waals surface area contributed by atoms with Crippen LogP contribution in [-0.2, 0) is 0 Å². The van der Waals surface area contributed by atoms with Crippen molar-refractivity contribution in [2.45, 2.75) is 6.92 Å². The average Bonchev–Trinajstić information content (AvgIpc) is 3.78. The molecule has 0 saturated carbocycles. The molecule has 4 heteroatoms. The van der Waals surface area contributed by atoms with Gasteiger partial charge in [0.1, 0.15) is 11.2 Å². The van der Waals surface area contributed by atoms with E-state index in [1.807, 2.05) is 12.1 Å². The number of nitriles is 1. The zero-order valence-electron chi connectivity index (χ0n) is 26.1. The second kappa shape index (κ2) is 9.96. The second-order valence-electron chi connectivity index (χ2n) is 12.6. The molecular weight excluding hydrogens is 587 g/mol. The number of fused-ring (bicyclic) bond motifs is 9. The number of furan rings is 1. The van der Waals surface area contributed by atoms with Gasteiger partial charge in [0.15, 0.2) is 0 Å². The van der Waals surface area contributed by atoms with E-state index in [2.05, 4.69) is 156 Å². The highest BCUT2D eigenvalue weighted by molar-refractivity contribution is 6.12. The maximum Gasteiger partial charge on any atom is 0.135 e. The molecule has 7 aromatic carbocycles. The third-order valence-corrected chi connectivity index (χ3v) is 9.78. The van der Waals surface area contributed by atoms with Crippen LogP contribution in [0.4, 0.5) is 0 Å². The lowest BCUT2D eigenvalue weighted by Crippen LogP contribution is -1.94. The zero-order valence-corrected chi connectivity index (χ0v) is 26.1. The normalized spacial score (nSPS) is 11.8. The Morgan fingerprint density at radius 3 is 1.81 bits per heavy atom. The van der Waals surface area contributed by atoms with Gasteiger partial charge in [-0.25, -0.2) is 0 Å². The quantitative estimate of drug-likeness (QED) is 0.199. The van der Waals surface area contributed by atoms with Gasteiger partial charge in [-0.3, -0.25) is 0 Å². The van der Waals surface area contributed by atoms with Crippen molar-refractivity contribution in [3.05, 3.63) is 157 Å². The van der Waals surface area contributed by atoms with Gasteiger partial charge in [0.05, 0.1) is 33.7 Å². The maximum absolute atomic E-state index is 9.68. The Kier molecular flexibility index (Phi) is 5.53. The van der Waals surface area contributed by atoms with Gasteiger partial charge < -0.3 is 13.6 Å². The maximum atomic E-state index is 9.68. The first-order valence-electron chi connectivity index (χ1n) is 16.2. The molecule has 4 nitrogen and oxygen atoms in total. The molecule has 0 saturated heterocycles. The fraction of sp³-hybridized carbons (Fsp3) is 0.0227. The number of rotatable bonds is 3. The van der Waals surface area contributed by atoms with Crippen LogP contribution in [0.15, 0.2) is 150 Å². The number of benzene rings is 7. The van der Waals surface area contributed by atoms with Crippen LogP contribution in [0, 0.1) is 18.3 Å². The lowest BCUT2D eigenvalue weighted by Gasteiger charge is -2.11. The summed E-state index contributed by atoms with van der Waals surface area (Å²) in [6, 6.07) is 53.7. The molecule has 0 fully saturated rings. The molecule has 0 aliphatic heterocycles. The molecule has 224 valence electrons. The fourth-order valence-electron chi connectivity index (χ4n) is 7.59. The van der Waals surface area contributed by atoms with Crippen molar-refractivity contribution < 1.29 is 4.42 Å². The molecule has 0 atom stereocenters. The van der Waals surface area contributed by atoms with Gasteiger partial charge in [-0.15, -0.1) is 0 Å². The summed E-state index contributed by atoms with van der Waals surface area (Å²) in [4.78, 5) is 0. The molecule has 0 aliphatic rings. The molecule has 48 heavy (non-hydrogen) atoms. The summed E-state index contributed by atoms with van der Waals surface area (Å²) in [7, 11) is 0. The van der Waals surface area contributed by atoms with Crippen LogP contribution >= 0.6 is 0 Å². The summed E-state index contributed by atoms with van der Waals surface area (Å²) in [5, 5.41) is 16.7. The SMILES string of the molecule is Cc1ccc2c3ccccc3n(-c3ccc4oc5ccc(-c6cccc(-n7c8ccccc8c8ccc(C#N)cc87)c6)cc5c4c3)c2c1. The molecule has 0 radical (unpaired) electrons. The molecule has 0 aliphatic carbocycles. The van der Waals surface area contributed by atoms with E-state index in [0.717, 1.165) is 60.9 Å². The molecule has 10 aromatic rings. The largest absolute Gasteiger partial charge is 0.456 e. The standard InChI is InChI=1S/C44H27N3O/c1-27-13-17-35-33-9-2-5-12-40(33)47(41(35)21-27)32-16-20-44-38(25-32)37-24-30(15-19-43(37)48-44)29-7-6-8-31(23-29)46-39-11-4-3-10-34(39)36-18-14-28(26-45)22-42(36)46/h2-25H,1H3. The third kappa shape index (κ3) is 3.82. The van der Waals surface area contributed by atoms with Gasteiger partial charge in [-0.1, -0.05) is 72.8 Å². The first kappa shape index (κ1) is 26.6. The molecule has 0 amide bonds. The predicted octanol–water partition coefficient (Wildman–Crippen LogP) is 11.6. The summed E-state index contributed by atoms with van der Waals surface area (Å²) in [5.74, 6) is 0. The number of para-hydroxylation sites is 2. The number of hydrogen-bond acceptors (Lipinski definition) is 2. The third-order valence-electron chi connectivity index (χ3n) is 9.78. The summed E-state index contributed by atoms with van der Waals surface area (Å²) < 4.78 is 11.0. The first-order chi connectivity index (χ1) is 23.6. The van der Waals surface area contributed by atoms with Crippen molar-refractivity contribution in [2.75, 3.05) is 0 Å². The highest BCUT2D eigenvalue weighted by Crippen LogP contribution is 2.38. The van der Waals surface area contributed by atoms with Gasteiger partial charge >= 0.3 is 0 Å². The molecule has 3 aromatic heterocycles. The second-order valence-corrected chi connectivity index (χ2v) is 12.6. The van der Waals surface area contributed by atoms with Gasteiger partial charge in [0.25, 0.3) is 0 Å². The van der Waals surface area contributed by atoms with E-state index in [9.17, 15) is 5.26 Å². The highest BCUT2D eigenvalue weighted by atomic mass is 16.3. The Morgan fingerprint density at radius 1 is 0.458 bits per heavy atom. The van der Waals surface area contributed by atoms with E-state index in [-0.39, 0.29) is 0 Å². The number of aromatic nitrogens is 2. The molecule has 3 heterocycles. The summed E-state index contributed by atoms with van der Waals surface area (Å²) in [5.41, 5.74) is 12.5. The predicted molar refractivity (Wildman–Crippen MR) is 197 cm³/mol. The highest BCUT2D eigenvalue weighted by Gasteiger charge is 2.16. The summed E-state index contributed by atoms with van der Waals surface area (Å²) in [6.07, 6.45) is 0. The lowest BCUT2D eigenvalue weighted by molar-refractivity contribution is 0.669. The van der Waals surface area contributed by atoms with E-state index in [1.54, 1.807) is 0 Å². The first-order valence-corrected chi connectivity index (χ1v) is 16.2. The van der Waals surface area contributed by atoms with Gasteiger partial charge in [-0.05, 0) is 96.4 Å². The van der Waals surface area contributed by atoms with E-state index < -0.39 is 0 Å². The lowest BCUT2D eigenvalue weighted by atomic mass is 10.0. The van der Waals surface area contributed by atoms with Crippen LogP contribution in [0.1, 0.15) is 11.1 Å². The molecular formula is C44H27N3O. The number of aryl methyl sites for hydroxylation is 1. The molecule has 0 N–H and O–H groups in total. The van der Waals surface area contributed by atoms with Crippen molar-refractivity contribution in [1.82, 2.24) is 9.13 Å². The van der Waals surface area contributed by atoms with Crippen LogP contribution in [0.5, 0.6) is 0 Å². The van der Waals surface area contributed by atoms with Crippen molar-refractivity contribution in [1.29, 1.82) is 5.26 Å². The van der Waals surface area contributed by atoms with E-state index in [0.29, 0.717) is 5.56 Å². The Balaban J connectivity index is 1.15. The Morgan fingerprint density at radius 2 is 1.06 bits per heavy atom. The monoisotopic (exact) mass is 613 g/mol. The Bertz CT molecular complexity index is 2980. The van der Waals surface area contributed by atoms with Crippen LogP contribution in [0.25, 0.3) is 88.1 Å². The number of nitrogens with zero attached hydrogens (tertiary/aromatic N) is 3. The van der Waals surface area contributed by atoms with Crippen molar-refractivity contribution in [2.24, 2.45) is 0 Å². The Labute approximate surface area is 275 Å². The molecule has 0 spiro atoms. The van der Waals surface area contributed by atoms with Gasteiger partial charge in [-0.2, -0.15) is 5.26 Å². The number of hydrogen-bond donors (Lipinski definition) is 0. The van der Waals surface area contributed by atoms with Crippen molar-refractivity contribution in [3.63, 3.8) is 0 Å². The fourth-order valence-corrected chi connectivity index (χ4v) is 7.59. The summed E-state index contributed by atoms with van der Waals surface area (Å²) >= 11 is 0. The van der Waals surface area contributed by atoms with Gasteiger partial charge in [0, 0.05) is 43.7 Å². The minimum Gasteiger partial charge on any atom is -0.456 e. The topological polar surface area (TPSA) is 46.8 Å². The van der Waals surface area contributed by atoms with E-state index >= 15 is 0 Å².